The summed E-state index contributed by atoms with van der Waals surface area (Å²) >= 11 is 0. The summed E-state index contributed by atoms with van der Waals surface area (Å²) in [5.74, 6) is -1.14. The fourth-order valence-electron chi connectivity index (χ4n) is 1.65. The minimum absolute atomic E-state index is 0.157. The summed E-state index contributed by atoms with van der Waals surface area (Å²) in [5, 5.41) is 0. The minimum atomic E-state index is -3.68. The first-order chi connectivity index (χ1) is 8.77. The fraction of sp³-hybridized carbons (Fsp3) is 0.417. The van der Waals surface area contributed by atoms with Crippen LogP contribution in [0.2, 0.25) is 0 Å². The van der Waals surface area contributed by atoms with E-state index in [1.807, 2.05) is 0 Å². The number of halogens is 1. The first-order valence-corrected chi connectivity index (χ1v) is 7.53. The van der Waals surface area contributed by atoms with Crippen LogP contribution in [0.5, 0.6) is 0 Å². The predicted octanol–water partition coefficient (Wildman–Crippen LogP) is 1.54. The molecular weight excluding hydrogens is 273 g/mol. The standard InChI is InChI=1S/C12H16FNO4S/c1-4-18-12(15)9(2)14(19(3,16)17)11-7-5-10(13)6-8-11/h5-9H,4H2,1-3H3/t9-/m1/s1. The van der Waals surface area contributed by atoms with E-state index in [-0.39, 0.29) is 12.3 Å². The average molecular weight is 289 g/mol. The normalized spacial score (nSPS) is 12.8. The molecule has 5 nitrogen and oxygen atoms in total. The van der Waals surface area contributed by atoms with Crippen LogP contribution in [-0.2, 0) is 19.6 Å². The molecule has 1 aromatic carbocycles. The molecule has 0 spiro atoms. The van der Waals surface area contributed by atoms with Crippen LogP contribution in [0, 0.1) is 5.82 Å². The van der Waals surface area contributed by atoms with Crippen molar-refractivity contribution < 1.29 is 22.3 Å². The average Bonchev–Trinajstić information content (AvgIpc) is 2.30. The Labute approximate surface area is 112 Å². The van der Waals surface area contributed by atoms with Gasteiger partial charge < -0.3 is 4.74 Å². The quantitative estimate of drug-likeness (QED) is 0.771. The van der Waals surface area contributed by atoms with Crippen LogP contribution in [0.15, 0.2) is 24.3 Å². The van der Waals surface area contributed by atoms with Gasteiger partial charge in [-0.25, -0.2) is 17.6 Å². The molecule has 0 radical (unpaired) electrons. The van der Waals surface area contributed by atoms with E-state index in [0.29, 0.717) is 0 Å². The summed E-state index contributed by atoms with van der Waals surface area (Å²) in [4.78, 5) is 11.7. The Balaban J connectivity index is 3.16. The van der Waals surface area contributed by atoms with Crippen molar-refractivity contribution in [2.75, 3.05) is 17.2 Å². The van der Waals surface area contributed by atoms with E-state index in [1.165, 1.54) is 19.1 Å². The number of carbonyl (C=O) groups excluding carboxylic acids is 1. The molecule has 1 atom stereocenters. The number of carbonyl (C=O) groups is 1. The third kappa shape index (κ3) is 3.92. The molecule has 0 unspecified atom stereocenters. The lowest BCUT2D eigenvalue weighted by Gasteiger charge is -2.27. The SMILES string of the molecule is CCOC(=O)[C@@H](C)N(c1ccc(F)cc1)S(C)(=O)=O. The molecular formula is C12H16FNO4S. The van der Waals surface area contributed by atoms with Crippen molar-refractivity contribution in [1.29, 1.82) is 0 Å². The minimum Gasteiger partial charge on any atom is -0.464 e. The molecule has 19 heavy (non-hydrogen) atoms. The summed E-state index contributed by atoms with van der Waals surface area (Å²) < 4.78 is 42.2. The number of esters is 1. The van der Waals surface area contributed by atoms with Gasteiger partial charge in [0.25, 0.3) is 0 Å². The number of sulfonamides is 1. The van der Waals surface area contributed by atoms with E-state index in [0.717, 1.165) is 22.7 Å². The first-order valence-electron chi connectivity index (χ1n) is 5.69. The van der Waals surface area contributed by atoms with Gasteiger partial charge in [0, 0.05) is 0 Å². The summed E-state index contributed by atoms with van der Waals surface area (Å²) in [6.45, 7) is 3.21. The zero-order valence-corrected chi connectivity index (χ0v) is 11.8. The molecule has 1 aromatic rings. The molecule has 7 heteroatoms. The Morgan fingerprint density at radius 2 is 1.89 bits per heavy atom. The third-order valence-electron chi connectivity index (χ3n) is 2.42. The fourth-order valence-corrected chi connectivity index (χ4v) is 2.81. The number of hydrogen-bond donors (Lipinski definition) is 0. The second kappa shape index (κ2) is 6.01. The van der Waals surface area contributed by atoms with Gasteiger partial charge in [-0.05, 0) is 38.1 Å². The lowest BCUT2D eigenvalue weighted by atomic mass is 10.2. The zero-order valence-electron chi connectivity index (χ0n) is 11.0. The van der Waals surface area contributed by atoms with Crippen molar-refractivity contribution >= 4 is 21.7 Å². The highest BCUT2D eigenvalue weighted by Gasteiger charge is 2.29. The van der Waals surface area contributed by atoms with Crippen LogP contribution in [0.4, 0.5) is 10.1 Å². The van der Waals surface area contributed by atoms with Crippen molar-refractivity contribution in [3.8, 4) is 0 Å². The van der Waals surface area contributed by atoms with E-state index in [4.69, 9.17) is 4.74 Å². The van der Waals surface area contributed by atoms with Gasteiger partial charge in [-0.3, -0.25) is 4.31 Å². The predicted molar refractivity (Wildman–Crippen MR) is 69.8 cm³/mol. The molecule has 106 valence electrons. The summed E-state index contributed by atoms with van der Waals surface area (Å²) in [7, 11) is -3.68. The van der Waals surface area contributed by atoms with Crippen LogP contribution in [0.1, 0.15) is 13.8 Å². The van der Waals surface area contributed by atoms with Crippen LogP contribution < -0.4 is 4.31 Å². The lowest BCUT2D eigenvalue weighted by molar-refractivity contribution is -0.144. The van der Waals surface area contributed by atoms with Gasteiger partial charge in [-0.1, -0.05) is 0 Å². The van der Waals surface area contributed by atoms with Gasteiger partial charge in [0.2, 0.25) is 10.0 Å². The molecule has 0 aliphatic carbocycles. The molecule has 0 heterocycles. The molecule has 0 N–H and O–H groups in total. The largest absolute Gasteiger partial charge is 0.464 e. The van der Waals surface area contributed by atoms with Gasteiger partial charge in [0.1, 0.15) is 11.9 Å². The van der Waals surface area contributed by atoms with Crippen LogP contribution >= 0.6 is 0 Å². The highest BCUT2D eigenvalue weighted by Crippen LogP contribution is 2.21. The topological polar surface area (TPSA) is 63.7 Å². The second-order valence-electron chi connectivity index (χ2n) is 3.96. The first kappa shape index (κ1) is 15.4. The number of anilines is 1. The van der Waals surface area contributed by atoms with Crippen LogP contribution in [-0.4, -0.2) is 33.3 Å². The third-order valence-corrected chi connectivity index (χ3v) is 3.66. The Bertz CT molecular complexity index is 541. The number of hydrogen-bond acceptors (Lipinski definition) is 4. The maximum atomic E-state index is 12.9. The molecule has 0 saturated heterocycles. The molecule has 1 rings (SSSR count). The molecule has 0 bridgehead atoms. The van der Waals surface area contributed by atoms with E-state index in [2.05, 4.69) is 0 Å². The number of benzene rings is 1. The monoisotopic (exact) mass is 289 g/mol. The molecule has 0 fully saturated rings. The van der Waals surface area contributed by atoms with Crippen LogP contribution in [0.25, 0.3) is 0 Å². The Morgan fingerprint density at radius 3 is 2.32 bits per heavy atom. The molecule has 0 aliphatic rings. The number of ether oxygens (including phenoxy) is 1. The van der Waals surface area contributed by atoms with E-state index in [9.17, 15) is 17.6 Å². The highest BCUT2D eigenvalue weighted by molar-refractivity contribution is 7.92. The number of rotatable bonds is 5. The Hall–Kier alpha value is -1.63. The maximum absolute atomic E-state index is 12.9. The van der Waals surface area contributed by atoms with Crippen molar-refractivity contribution in [3.63, 3.8) is 0 Å². The van der Waals surface area contributed by atoms with Crippen molar-refractivity contribution in [3.05, 3.63) is 30.1 Å². The van der Waals surface area contributed by atoms with Gasteiger partial charge in [-0.15, -0.1) is 0 Å². The summed E-state index contributed by atoms with van der Waals surface area (Å²) in [5.41, 5.74) is 0.212. The summed E-state index contributed by atoms with van der Waals surface area (Å²) in [6, 6.07) is 3.84. The maximum Gasteiger partial charge on any atom is 0.329 e. The van der Waals surface area contributed by atoms with Crippen molar-refractivity contribution in [2.24, 2.45) is 0 Å². The van der Waals surface area contributed by atoms with Crippen LogP contribution in [0.3, 0.4) is 0 Å². The van der Waals surface area contributed by atoms with Gasteiger partial charge in [0.05, 0.1) is 18.6 Å². The van der Waals surface area contributed by atoms with Crippen molar-refractivity contribution in [1.82, 2.24) is 0 Å². The lowest BCUT2D eigenvalue weighted by Crippen LogP contribution is -2.43. The zero-order chi connectivity index (χ0) is 14.6. The molecule has 0 aromatic heterocycles. The Kier molecular flexibility index (Phi) is 4.88. The molecule has 0 amide bonds. The van der Waals surface area contributed by atoms with E-state index < -0.39 is 27.9 Å². The number of nitrogens with zero attached hydrogens (tertiary/aromatic N) is 1. The van der Waals surface area contributed by atoms with Gasteiger partial charge in [0.15, 0.2) is 0 Å². The van der Waals surface area contributed by atoms with E-state index in [1.54, 1.807) is 6.92 Å². The Morgan fingerprint density at radius 1 is 1.37 bits per heavy atom. The molecule has 0 aliphatic heterocycles. The van der Waals surface area contributed by atoms with E-state index >= 15 is 0 Å². The summed E-state index contributed by atoms with van der Waals surface area (Å²) in [6.07, 6.45) is 0.978. The van der Waals surface area contributed by atoms with Gasteiger partial charge >= 0.3 is 5.97 Å². The van der Waals surface area contributed by atoms with Gasteiger partial charge in [-0.2, -0.15) is 0 Å². The van der Waals surface area contributed by atoms with Crippen molar-refractivity contribution in [2.45, 2.75) is 19.9 Å². The smallest absolute Gasteiger partial charge is 0.329 e. The second-order valence-corrected chi connectivity index (χ2v) is 5.82. The molecule has 0 saturated carbocycles. The highest BCUT2D eigenvalue weighted by atomic mass is 32.2.